The average molecular weight is 194 g/mol. The first-order valence-electron chi connectivity index (χ1n) is 4.10. The van der Waals surface area contributed by atoms with E-state index in [1.54, 1.807) is 19.1 Å². The summed E-state index contributed by atoms with van der Waals surface area (Å²) in [5, 5.41) is 17.9. The number of methoxy groups -OCH3 is 1. The van der Waals surface area contributed by atoms with Gasteiger partial charge in [0.1, 0.15) is 0 Å². The van der Waals surface area contributed by atoms with Crippen molar-refractivity contribution in [3.8, 4) is 0 Å². The highest BCUT2D eigenvalue weighted by molar-refractivity contribution is 6.58. The Morgan fingerprint density at radius 2 is 2.00 bits per heavy atom. The molecule has 0 heterocycles. The van der Waals surface area contributed by atoms with Gasteiger partial charge in [0.25, 0.3) is 0 Å². The molecule has 0 aliphatic rings. The van der Waals surface area contributed by atoms with E-state index in [4.69, 9.17) is 10.0 Å². The molecule has 0 bridgehead atoms. The minimum atomic E-state index is -1.57. The van der Waals surface area contributed by atoms with E-state index in [2.05, 4.69) is 4.74 Å². The van der Waals surface area contributed by atoms with Crippen LogP contribution in [0.25, 0.3) is 0 Å². The molecule has 1 aromatic carbocycles. The van der Waals surface area contributed by atoms with Crippen molar-refractivity contribution >= 4 is 18.6 Å². The van der Waals surface area contributed by atoms with Crippen LogP contribution in [-0.2, 0) is 4.74 Å². The lowest BCUT2D eigenvalue weighted by molar-refractivity contribution is 0.0600. The second kappa shape index (κ2) is 4.26. The predicted molar refractivity (Wildman–Crippen MR) is 52.3 cm³/mol. The molecule has 5 heteroatoms. The van der Waals surface area contributed by atoms with E-state index >= 15 is 0 Å². The van der Waals surface area contributed by atoms with Crippen molar-refractivity contribution in [1.29, 1.82) is 0 Å². The SMILES string of the molecule is COC(=O)c1cc(C)cc(B(O)O)c1. The van der Waals surface area contributed by atoms with Gasteiger partial charge < -0.3 is 14.8 Å². The highest BCUT2D eigenvalue weighted by Crippen LogP contribution is 2.04. The van der Waals surface area contributed by atoms with E-state index in [9.17, 15) is 4.79 Å². The highest BCUT2D eigenvalue weighted by atomic mass is 16.5. The third kappa shape index (κ3) is 2.34. The second-order valence-electron chi connectivity index (χ2n) is 3.00. The summed E-state index contributed by atoms with van der Waals surface area (Å²) in [4.78, 5) is 11.2. The number of aryl methyl sites for hydroxylation is 1. The minimum absolute atomic E-state index is 0.283. The maximum Gasteiger partial charge on any atom is 0.488 e. The van der Waals surface area contributed by atoms with Crippen molar-refractivity contribution in [3.63, 3.8) is 0 Å². The summed E-state index contributed by atoms with van der Waals surface area (Å²) >= 11 is 0. The fraction of sp³-hybridized carbons (Fsp3) is 0.222. The van der Waals surface area contributed by atoms with Crippen LogP contribution < -0.4 is 5.46 Å². The molecule has 0 unspecified atom stereocenters. The topological polar surface area (TPSA) is 66.8 Å². The zero-order valence-electron chi connectivity index (χ0n) is 8.02. The first-order chi connectivity index (χ1) is 6.54. The summed E-state index contributed by atoms with van der Waals surface area (Å²) < 4.78 is 4.52. The standard InChI is InChI=1S/C9H11BO4/c1-6-3-7(9(11)14-2)5-8(4-6)10(12)13/h3-5,12-13H,1-2H3. The Hall–Kier alpha value is -1.33. The lowest BCUT2D eigenvalue weighted by Gasteiger charge is -2.05. The molecule has 14 heavy (non-hydrogen) atoms. The molecular formula is C9H11BO4. The van der Waals surface area contributed by atoms with Gasteiger partial charge in [0.05, 0.1) is 12.7 Å². The Balaban J connectivity index is 3.13. The number of carbonyl (C=O) groups excluding carboxylic acids is 1. The molecule has 0 aliphatic carbocycles. The Kier molecular flexibility index (Phi) is 3.27. The third-order valence-corrected chi connectivity index (χ3v) is 1.82. The van der Waals surface area contributed by atoms with Crippen LogP contribution >= 0.6 is 0 Å². The summed E-state index contributed by atoms with van der Waals surface area (Å²) in [6, 6.07) is 4.61. The monoisotopic (exact) mass is 194 g/mol. The zero-order chi connectivity index (χ0) is 10.7. The number of rotatable bonds is 2. The van der Waals surface area contributed by atoms with E-state index < -0.39 is 13.1 Å². The smallest absolute Gasteiger partial charge is 0.465 e. The molecule has 4 nitrogen and oxygen atoms in total. The van der Waals surface area contributed by atoms with E-state index in [0.29, 0.717) is 5.56 Å². The van der Waals surface area contributed by atoms with Gasteiger partial charge in [-0.25, -0.2) is 4.79 Å². The number of esters is 1. The lowest BCUT2D eigenvalue weighted by atomic mass is 9.79. The van der Waals surface area contributed by atoms with Gasteiger partial charge in [-0.3, -0.25) is 0 Å². The summed E-state index contributed by atoms with van der Waals surface area (Å²) in [7, 11) is -0.294. The summed E-state index contributed by atoms with van der Waals surface area (Å²) in [5.74, 6) is -0.490. The van der Waals surface area contributed by atoms with E-state index in [1.165, 1.54) is 13.2 Å². The average Bonchev–Trinajstić information content (AvgIpc) is 2.15. The van der Waals surface area contributed by atoms with Crippen LogP contribution in [0.5, 0.6) is 0 Å². The molecule has 74 valence electrons. The Bertz CT molecular complexity index is 349. The molecule has 2 N–H and O–H groups in total. The number of carbonyl (C=O) groups is 1. The van der Waals surface area contributed by atoms with Gasteiger partial charge in [-0.05, 0) is 24.5 Å². The number of benzene rings is 1. The van der Waals surface area contributed by atoms with Crippen molar-refractivity contribution in [3.05, 3.63) is 29.3 Å². The predicted octanol–water partition coefficient (Wildman–Crippen LogP) is -0.539. The molecule has 0 aromatic heterocycles. The molecule has 0 saturated heterocycles. The van der Waals surface area contributed by atoms with Crippen molar-refractivity contribution in [2.24, 2.45) is 0 Å². The zero-order valence-corrected chi connectivity index (χ0v) is 8.02. The van der Waals surface area contributed by atoms with Crippen LogP contribution in [0.4, 0.5) is 0 Å². The Morgan fingerprint density at radius 3 is 2.50 bits per heavy atom. The second-order valence-corrected chi connectivity index (χ2v) is 3.00. The van der Waals surface area contributed by atoms with Gasteiger partial charge in [0.15, 0.2) is 0 Å². The van der Waals surface area contributed by atoms with Crippen LogP contribution in [0.1, 0.15) is 15.9 Å². The van der Waals surface area contributed by atoms with E-state index in [1.807, 2.05) is 0 Å². The fourth-order valence-corrected chi connectivity index (χ4v) is 1.20. The molecule has 0 aliphatic heterocycles. The quantitative estimate of drug-likeness (QED) is 0.490. The van der Waals surface area contributed by atoms with Crippen LogP contribution in [0.3, 0.4) is 0 Å². The van der Waals surface area contributed by atoms with Crippen LogP contribution in [0, 0.1) is 6.92 Å². The first-order valence-corrected chi connectivity index (χ1v) is 4.10. The highest BCUT2D eigenvalue weighted by Gasteiger charge is 2.14. The van der Waals surface area contributed by atoms with Crippen LogP contribution in [0.15, 0.2) is 18.2 Å². The molecule has 0 atom stereocenters. The van der Waals surface area contributed by atoms with E-state index in [0.717, 1.165) is 5.56 Å². The van der Waals surface area contributed by atoms with E-state index in [-0.39, 0.29) is 5.46 Å². The van der Waals surface area contributed by atoms with Gasteiger partial charge in [0.2, 0.25) is 0 Å². The van der Waals surface area contributed by atoms with Crippen molar-refractivity contribution in [1.82, 2.24) is 0 Å². The summed E-state index contributed by atoms with van der Waals surface area (Å²) in [5.41, 5.74) is 1.37. The molecular weight excluding hydrogens is 183 g/mol. The van der Waals surface area contributed by atoms with Gasteiger partial charge in [-0.15, -0.1) is 0 Å². The van der Waals surface area contributed by atoms with Crippen molar-refractivity contribution < 1.29 is 19.6 Å². The molecule has 1 rings (SSSR count). The lowest BCUT2D eigenvalue weighted by Crippen LogP contribution is -2.30. The largest absolute Gasteiger partial charge is 0.488 e. The number of hydrogen-bond donors (Lipinski definition) is 2. The van der Waals surface area contributed by atoms with Gasteiger partial charge >= 0.3 is 13.1 Å². The first kappa shape index (κ1) is 10.8. The van der Waals surface area contributed by atoms with Gasteiger partial charge in [0, 0.05) is 0 Å². The Morgan fingerprint density at radius 1 is 1.36 bits per heavy atom. The molecule has 0 saturated carbocycles. The van der Waals surface area contributed by atoms with Crippen molar-refractivity contribution in [2.75, 3.05) is 7.11 Å². The summed E-state index contributed by atoms with van der Waals surface area (Å²) in [6.45, 7) is 1.76. The molecule has 0 amide bonds. The normalized spacial score (nSPS) is 9.71. The summed E-state index contributed by atoms with van der Waals surface area (Å²) in [6.07, 6.45) is 0. The fourth-order valence-electron chi connectivity index (χ4n) is 1.20. The number of ether oxygens (including phenoxy) is 1. The van der Waals surface area contributed by atoms with Gasteiger partial charge in [-0.2, -0.15) is 0 Å². The molecule has 0 fully saturated rings. The van der Waals surface area contributed by atoms with Crippen molar-refractivity contribution in [2.45, 2.75) is 6.92 Å². The maximum atomic E-state index is 11.2. The molecule has 0 spiro atoms. The minimum Gasteiger partial charge on any atom is -0.465 e. The van der Waals surface area contributed by atoms with Crippen LogP contribution in [0.2, 0.25) is 0 Å². The van der Waals surface area contributed by atoms with Gasteiger partial charge in [-0.1, -0.05) is 11.6 Å². The molecule has 1 aromatic rings. The third-order valence-electron chi connectivity index (χ3n) is 1.82. The Labute approximate surface area is 82.3 Å². The van der Waals surface area contributed by atoms with Crippen LogP contribution in [-0.4, -0.2) is 30.2 Å². The number of hydrogen-bond acceptors (Lipinski definition) is 4. The molecule has 0 radical (unpaired) electrons. The maximum absolute atomic E-state index is 11.2.